The number of hydrogen-bond acceptors (Lipinski definition) is 5. The van der Waals surface area contributed by atoms with Gasteiger partial charge in [0.2, 0.25) is 0 Å². The number of nitrogens with one attached hydrogen (secondary N) is 1. The fraction of sp³-hybridized carbons (Fsp3) is 0.636. The monoisotopic (exact) mass is 281 g/mol. The minimum Gasteiger partial charge on any atom is -0.391 e. The van der Waals surface area contributed by atoms with E-state index in [4.69, 9.17) is 10.3 Å². The first-order chi connectivity index (χ1) is 9.43. The van der Waals surface area contributed by atoms with Crippen molar-refractivity contribution >= 4 is 0 Å². The van der Waals surface area contributed by atoms with Crippen LogP contribution in [0.4, 0.5) is 0 Å². The molecule has 2 N–H and O–H groups in total. The number of ether oxygens (including phenoxy) is 1. The third-order valence-electron chi connectivity index (χ3n) is 3.27. The van der Waals surface area contributed by atoms with Gasteiger partial charge in [-0.25, -0.2) is 4.79 Å². The van der Waals surface area contributed by atoms with E-state index in [2.05, 4.69) is 15.0 Å². The highest BCUT2D eigenvalue weighted by molar-refractivity contribution is 5.02. The Morgan fingerprint density at radius 3 is 2.95 bits per heavy atom. The molecule has 1 aromatic heterocycles. The van der Waals surface area contributed by atoms with Gasteiger partial charge in [0.05, 0.1) is 18.2 Å². The van der Waals surface area contributed by atoms with Crippen molar-refractivity contribution in [3.63, 3.8) is 0 Å². The maximum atomic E-state index is 11.8. The van der Waals surface area contributed by atoms with Gasteiger partial charge in [-0.1, -0.05) is 5.11 Å². The molecule has 0 bridgehead atoms. The highest BCUT2D eigenvalue weighted by Crippen LogP contribution is 2.31. The zero-order chi connectivity index (χ0) is 14.9. The lowest BCUT2D eigenvalue weighted by atomic mass is 10.1. The Labute approximate surface area is 113 Å². The van der Waals surface area contributed by atoms with Crippen molar-refractivity contribution in [2.75, 3.05) is 0 Å². The first-order valence-corrected chi connectivity index (χ1v) is 6.14. The Morgan fingerprint density at radius 2 is 2.35 bits per heavy atom. The molecule has 4 atom stereocenters. The SMILES string of the molecule is Cc1cn([C@H]2C[C@H](N=[N+]=[N-])C([C@@H](C)O)O2)c(=O)[nH]c1=O. The van der Waals surface area contributed by atoms with Crippen LogP contribution in [0.5, 0.6) is 0 Å². The fourth-order valence-corrected chi connectivity index (χ4v) is 2.26. The average molecular weight is 281 g/mol. The lowest BCUT2D eigenvalue weighted by Gasteiger charge is -2.18. The van der Waals surface area contributed by atoms with E-state index in [9.17, 15) is 14.7 Å². The number of azide groups is 1. The molecule has 1 unspecified atom stereocenters. The van der Waals surface area contributed by atoms with Gasteiger partial charge in [0.15, 0.2) is 0 Å². The molecule has 0 radical (unpaired) electrons. The molecular formula is C11H15N5O4. The Morgan fingerprint density at radius 1 is 1.65 bits per heavy atom. The Kier molecular flexibility index (Phi) is 3.93. The fourth-order valence-electron chi connectivity index (χ4n) is 2.26. The minimum absolute atomic E-state index is 0.255. The molecule has 9 heteroatoms. The molecule has 1 aliphatic heterocycles. The number of aromatic amines is 1. The number of aliphatic hydroxyl groups is 1. The number of rotatable bonds is 3. The van der Waals surface area contributed by atoms with Crippen LogP contribution in [0.15, 0.2) is 20.9 Å². The standard InChI is InChI=1S/C11H15N5O4/c1-5-4-16(11(19)13-10(5)18)8-3-7(14-15-12)9(20-8)6(2)17/h4,6-9,17H,3H2,1-2H3,(H,13,18,19)/t6-,7+,8-,9?/m1/s1. The average Bonchev–Trinajstić information content (AvgIpc) is 2.78. The predicted octanol–water partition coefficient (Wildman–Crippen LogP) is 0.192. The van der Waals surface area contributed by atoms with E-state index in [-0.39, 0.29) is 6.42 Å². The summed E-state index contributed by atoms with van der Waals surface area (Å²) in [5.41, 5.74) is 7.84. The summed E-state index contributed by atoms with van der Waals surface area (Å²) >= 11 is 0. The van der Waals surface area contributed by atoms with Crippen LogP contribution in [0.3, 0.4) is 0 Å². The molecule has 0 saturated carbocycles. The van der Waals surface area contributed by atoms with Gasteiger partial charge in [0, 0.05) is 23.1 Å². The van der Waals surface area contributed by atoms with Gasteiger partial charge in [0.1, 0.15) is 6.23 Å². The van der Waals surface area contributed by atoms with Crippen LogP contribution in [0, 0.1) is 6.92 Å². The Balaban J connectivity index is 2.36. The summed E-state index contributed by atoms with van der Waals surface area (Å²) in [6, 6.07) is -0.566. The second-order valence-corrected chi connectivity index (χ2v) is 4.78. The highest BCUT2D eigenvalue weighted by atomic mass is 16.5. The molecule has 2 heterocycles. The molecule has 2 rings (SSSR count). The molecule has 1 fully saturated rings. The van der Waals surface area contributed by atoms with Crippen molar-refractivity contribution in [2.24, 2.45) is 5.11 Å². The first-order valence-electron chi connectivity index (χ1n) is 6.14. The van der Waals surface area contributed by atoms with Gasteiger partial charge < -0.3 is 9.84 Å². The summed E-state index contributed by atoms with van der Waals surface area (Å²) < 4.78 is 6.81. The predicted molar refractivity (Wildman–Crippen MR) is 69.2 cm³/mol. The van der Waals surface area contributed by atoms with E-state index in [0.29, 0.717) is 5.56 Å². The molecule has 9 nitrogen and oxygen atoms in total. The van der Waals surface area contributed by atoms with E-state index in [1.807, 2.05) is 0 Å². The quantitative estimate of drug-likeness (QED) is 0.464. The molecule has 0 spiro atoms. The number of aryl methyl sites for hydroxylation is 1. The van der Waals surface area contributed by atoms with Crippen LogP contribution < -0.4 is 11.2 Å². The summed E-state index contributed by atoms with van der Waals surface area (Å²) in [4.78, 5) is 28.0. The van der Waals surface area contributed by atoms with Crippen LogP contribution in [-0.2, 0) is 4.74 Å². The number of hydrogen-bond donors (Lipinski definition) is 2. The van der Waals surface area contributed by atoms with Gasteiger partial charge >= 0.3 is 5.69 Å². The maximum absolute atomic E-state index is 11.8. The van der Waals surface area contributed by atoms with Crippen molar-refractivity contribution in [1.29, 1.82) is 0 Å². The lowest BCUT2D eigenvalue weighted by molar-refractivity contribution is -0.0574. The minimum atomic E-state index is -0.838. The zero-order valence-electron chi connectivity index (χ0n) is 11.1. The van der Waals surface area contributed by atoms with Gasteiger partial charge in [-0.3, -0.25) is 14.3 Å². The van der Waals surface area contributed by atoms with Gasteiger partial charge in [-0.2, -0.15) is 0 Å². The smallest absolute Gasteiger partial charge is 0.330 e. The summed E-state index contributed by atoms with van der Waals surface area (Å²) in [6.07, 6.45) is -0.563. The largest absolute Gasteiger partial charge is 0.391 e. The van der Waals surface area contributed by atoms with Crippen LogP contribution in [0.2, 0.25) is 0 Å². The third kappa shape index (κ3) is 2.60. The number of aromatic nitrogens is 2. The van der Waals surface area contributed by atoms with Crippen LogP contribution in [0.1, 0.15) is 25.1 Å². The van der Waals surface area contributed by atoms with Crippen molar-refractivity contribution in [3.8, 4) is 0 Å². The normalized spacial score (nSPS) is 27.1. The molecule has 0 aliphatic carbocycles. The second-order valence-electron chi connectivity index (χ2n) is 4.78. The van der Waals surface area contributed by atoms with E-state index in [1.165, 1.54) is 17.7 Å². The van der Waals surface area contributed by atoms with Crippen molar-refractivity contribution < 1.29 is 9.84 Å². The summed E-state index contributed by atoms with van der Waals surface area (Å²) in [6.45, 7) is 3.09. The number of H-pyrrole nitrogens is 1. The Bertz CT molecular complexity index is 658. The van der Waals surface area contributed by atoms with Crippen molar-refractivity contribution in [3.05, 3.63) is 43.0 Å². The summed E-state index contributed by atoms with van der Waals surface area (Å²) in [7, 11) is 0. The molecule has 1 aliphatic rings. The topological polar surface area (TPSA) is 133 Å². The molecule has 1 saturated heterocycles. The second kappa shape index (κ2) is 5.49. The van der Waals surface area contributed by atoms with Gasteiger partial charge in [-0.15, -0.1) is 0 Å². The van der Waals surface area contributed by atoms with E-state index in [0.717, 1.165) is 0 Å². The summed E-state index contributed by atoms with van der Waals surface area (Å²) in [5, 5.41) is 13.2. The first kappa shape index (κ1) is 14.3. The van der Waals surface area contributed by atoms with Gasteiger partial charge in [-0.05, 0) is 19.4 Å². The lowest BCUT2D eigenvalue weighted by Crippen LogP contribution is -2.34. The Hall–Kier alpha value is -2.09. The van der Waals surface area contributed by atoms with E-state index >= 15 is 0 Å². The van der Waals surface area contributed by atoms with Gasteiger partial charge in [0.25, 0.3) is 5.56 Å². The van der Waals surface area contributed by atoms with Crippen LogP contribution >= 0.6 is 0 Å². The molecule has 1 aromatic rings. The van der Waals surface area contributed by atoms with Crippen molar-refractivity contribution in [2.45, 2.75) is 44.7 Å². The summed E-state index contributed by atoms with van der Waals surface area (Å²) in [5.74, 6) is 0. The molecule has 20 heavy (non-hydrogen) atoms. The maximum Gasteiger partial charge on any atom is 0.330 e. The molecular weight excluding hydrogens is 266 g/mol. The third-order valence-corrected chi connectivity index (χ3v) is 3.27. The van der Waals surface area contributed by atoms with E-state index in [1.54, 1.807) is 6.92 Å². The molecule has 108 valence electrons. The molecule has 0 amide bonds. The van der Waals surface area contributed by atoms with Crippen molar-refractivity contribution in [1.82, 2.24) is 9.55 Å². The highest BCUT2D eigenvalue weighted by Gasteiger charge is 2.38. The van der Waals surface area contributed by atoms with Crippen LogP contribution in [0.25, 0.3) is 10.4 Å². The molecule has 0 aromatic carbocycles. The van der Waals surface area contributed by atoms with Crippen LogP contribution in [-0.4, -0.2) is 32.9 Å². The number of aliphatic hydroxyl groups excluding tert-OH is 1. The zero-order valence-corrected chi connectivity index (χ0v) is 11.1. The van der Waals surface area contributed by atoms with E-state index < -0.39 is 35.7 Å². The number of nitrogens with zero attached hydrogens (tertiary/aromatic N) is 4.